The van der Waals surface area contributed by atoms with E-state index >= 15 is 0 Å². The normalized spacial score (nSPS) is 15.2. The quantitative estimate of drug-likeness (QED) is 0.854. The molecule has 0 amide bonds. The van der Waals surface area contributed by atoms with Crippen molar-refractivity contribution in [1.82, 2.24) is 19.7 Å². The molecule has 0 aliphatic heterocycles. The zero-order valence-electron chi connectivity index (χ0n) is 12.0. The molecule has 0 bridgehead atoms. The van der Waals surface area contributed by atoms with Crippen LogP contribution in [0.2, 0.25) is 0 Å². The minimum absolute atomic E-state index is 0.0178. The van der Waals surface area contributed by atoms with E-state index in [0.29, 0.717) is 11.9 Å². The zero-order valence-corrected chi connectivity index (χ0v) is 12.0. The average molecular weight is 272 g/mol. The zero-order chi connectivity index (χ0) is 14.1. The maximum Gasteiger partial charge on any atom is 0.254 e. The van der Waals surface area contributed by atoms with Gasteiger partial charge in [0.1, 0.15) is 5.82 Å². The molecule has 0 atom stereocenters. The van der Waals surface area contributed by atoms with Crippen molar-refractivity contribution in [2.75, 3.05) is 0 Å². The lowest BCUT2D eigenvalue weighted by Crippen LogP contribution is -2.18. The Labute approximate surface area is 118 Å². The lowest BCUT2D eigenvalue weighted by atomic mass is 10.1. The molecule has 2 heterocycles. The SMILES string of the molecule is CC(C)n1cc(-c2nc3c(c(=O)[nH]2)CCCCC3)cn1. The summed E-state index contributed by atoms with van der Waals surface area (Å²) in [4.78, 5) is 19.8. The molecule has 0 radical (unpaired) electrons. The van der Waals surface area contributed by atoms with Crippen molar-refractivity contribution in [1.29, 1.82) is 0 Å². The second-order valence-electron chi connectivity index (χ2n) is 5.70. The summed E-state index contributed by atoms with van der Waals surface area (Å²) in [7, 11) is 0. The second kappa shape index (κ2) is 5.23. The number of hydrogen-bond acceptors (Lipinski definition) is 3. The highest BCUT2D eigenvalue weighted by Crippen LogP contribution is 2.20. The second-order valence-corrected chi connectivity index (χ2v) is 5.70. The molecule has 2 aromatic heterocycles. The van der Waals surface area contributed by atoms with Crippen LogP contribution in [0.4, 0.5) is 0 Å². The first-order valence-electron chi connectivity index (χ1n) is 7.32. The number of rotatable bonds is 2. The number of H-pyrrole nitrogens is 1. The summed E-state index contributed by atoms with van der Waals surface area (Å²) in [6.07, 6.45) is 8.84. The third-order valence-corrected chi connectivity index (χ3v) is 3.85. The average Bonchev–Trinajstić information content (AvgIpc) is 2.79. The van der Waals surface area contributed by atoms with Gasteiger partial charge < -0.3 is 4.98 Å². The molecule has 0 unspecified atom stereocenters. The predicted octanol–water partition coefficient (Wildman–Crippen LogP) is 2.48. The molecule has 5 heteroatoms. The predicted molar refractivity (Wildman–Crippen MR) is 77.7 cm³/mol. The first-order valence-corrected chi connectivity index (χ1v) is 7.32. The van der Waals surface area contributed by atoms with Crippen LogP contribution in [0.15, 0.2) is 17.2 Å². The van der Waals surface area contributed by atoms with E-state index in [1.165, 1.54) is 6.42 Å². The Kier molecular flexibility index (Phi) is 3.42. The van der Waals surface area contributed by atoms with Crippen LogP contribution >= 0.6 is 0 Å². The van der Waals surface area contributed by atoms with E-state index in [4.69, 9.17) is 0 Å². The molecule has 0 saturated carbocycles. The summed E-state index contributed by atoms with van der Waals surface area (Å²) in [5, 5.41) is 4.31. The number of aromatic amines is 1. The van der Waals surface area contributed by atoms with Crippen LogP contribution in [0.5, 0.6) is 0 Å². The number of fused-ring (bicyclic) bond motifs is 1. The topological polar surface area (TPSA) is 63.6 Å². The molecule has 0 aromatic carbocycles. The molecule has 5 nitrogen and oxygen atoms in total. The van der Waals surface area contributed by atoms with Crippen LogP contribution in [0, 0.1) is 0 Å². The van der Waals surface area contributed by atoms with Crippen molar-refractivity contribution in [3.8, 4) is 11.4 Å². The smallest absolute Gasteiger partial charge is 0.254 e. The molecule has 106 valence electrons. The molecule has 1 aliphatic rings. The molecular weight excluding hydrogens is 252 g/mol. The van der Waals surface area contributed by atoms with Gasteiger partial charge in [0, 0.05) is 17.8 Å². The van der Waals surface area contributed by atoms with Gasteiger partial charge in [-0.25, -0.2) is 4.98 Å². The van der Waals surface area contributed by atoms with Gasteiger partial charge in [-0.05, 0) is 39.5 Å². The maximum absolute atomic E-state index is 12.2. The van der Waals surface area contributed by atoms with Gasteiger partial charge in [0.25, 0.3) is 5.56 Å². The van der Waals surface area contributed by atoms with Crippen LogP contribution in [0.3, 0.4) is 0 Å². The van der Waals surface area contributed by atoms with Crippen molar-refractivity contribution in [2.24, 2.45) is 0 Å². The Balaban J connectivity index is 2.04. The van der Waals surface area contributed by atoms with Gasteiger partial charge >= 0.3 is 0 Å². The van der Waals surface area contributed by atoms with E-state index in [2.05, 4.69) is 28.9 Å². The first kappa shape index (κ1) is 13.1. The highest BCUT2D eigenvalue weighted by atomic mass is 16.1. The molecule has 2 aromatic rings. The molecule has 3 rings (SSSR count). The van der Waals surface area contributed by atoms with Crippen LogP contribution in [-0.4, -0.2) is 19.7 Å². The molecule has 1 N–H and O–H groups in total. The van der Waals surface area contributed by atoms with Crippen molar-refractivity contribution in [3.05, 3.63) is 34.0 Å². The van der Waals surface area contributed by atoms with E-state index < -0.39 is 0 Å². The summed E-state index contributed by atoms with van der Waals surface area (Å²) < 4.78 is 1.88. The third kappa shape index (κ3) is 2.40. The summed E-state index contributed by atoms with van der Waals surface area (Å²) in [5.41, 5.74) is 2.74. The highest BCUT2D eigenvalue weighted by Gasteiger charge is 2.16. The third-order valence-electron chi connectivity index (χ3n) is 3.85. The Morgan fingerprint density at radius 3 is 2.80 bits per heavy atom. The monoisotopic (exact) mass is 272 g/mol. The molecule has 0 saturated heterocycles. The largest absolute Gasteiger partial charge is 0.306 e. The molecular formula is C15H20N4O. The molecule has 1 aliphatic carbocycles. The van der Waals surface area contributed by atoms with Crippen LogP contribution in [0.1, 0.15) is 50.4 Å². The fraction of sp³-hybridized carbons (Fsp3) is 0.533. The summed E-state index contributed by atoms with van der Waals surface area (Å²) >= 11 is 0. The highest BCUT2D eigenvalue weighted by molar-refractivity contribution is 5.52. The Morgan fingerprint density at radius 2 is 2.05 bits per heavy atom. The molecule has 0 spiro atoms. The Hall–Kier alpha value is -1.91. The summed E-state index contributed by atoms with van der Waals surface area (Å²) in [5.74, 6) is 0.641. The number of hydrogen-bond donors (Lipinski definition) is 1. The fourth-order valence-electron chi connectivity index (χ4n) is 2.66. The lowest BCUT2D eigenvalue weighted by Gasteiger charge is -2.06. The van der Waals surface area contributed by atoms with Gasteiger partial charge in [-0.3, -0.25) is 9.48 Å². The van der Waals surface area contributed by atoms with E-state index in [0.717, 1.165) is 42.5 Å². The van der Waals surface area contributed by atoms with E-state index in [1.807, 2.05) is 10.9 Å². The molecule has 0 fully saturated rings. The van der Waals surface area contributed by atoms with Crippen LogP contribution in [0.25, 0.3) is 11.4 Å². The number of aryl methyl sites for hydroxylation is 1. The minimum atomic E-state index is 0.0178. The number of nitrogens with zero attached hydrogens (tertiary/aromatic N) is 3. The van der Waals surface area contributed by atoms with Gasteiger partial charge in [0.15, 0.2) is 0 Å². The maximum atomic E-state index is 12.2. The van der Waals surface area contributed by atoms with Crippen molar-refractivity contribution < 1.29 is 0 Å². The first-order chi connectivity index (χ1) is 9.65. The molecule has 20 heavy (non-hydrogen) atoms. The van der Waals surface area contributed by atoms with Gasteiger partial charge in [-0.1, -0.05) is 6.42 Å². The van der Waals surface area contributed by atoms with Gasteiger partial charge in [-0.2, -0.15) is 5.10 Å². The summed E-state index contributed by atoms with van der Waals surface area (Å²) in [6, 6.07) is 0.302. The van der Waals surface area contributed by atoms with Crippen LogP contribution < -0.4 is 5.56 Å². The van der Waals surface area contributed by atoms with E-state index in [-0.39, 0.29) is 5.56 Å². The summed E-state index contributed by atoms with van der Waals surface area (Å²) in [6.45, 7) is 4.15. The minimum Gasteiger partial charge on any atom is -0.306 e. The van der Waals surface area contributed by atoms with Crippen LogP contribution in [-0.2, 0) is 12.8 Å². The van der Waals surface area contributed by atoms with Crippen molar-refractivity contribution in [2.45, 2.75) is 52.0 Å². The number of nitrogens with one attached hydrogen (secondary N) is 1. The lowest BCUT2D eigenvalue weighted by molar-refractivity contribution is 0.532. The number of aromatic nitrogens is 4. The Morgan fingerprint density at radius 1 is 1.25 bits per heavy atom. The van der Waals surface area contributed by atoms with E-state index in [9.17, 15) is 4.79 Å². The van der Waals surface area contributed by atoms with Gasteiger partial charge in [0.2, 0.25) is 0 Å². The van der Waals surface area contributed by atoms with Gasteiger partial charge in [0.05, 0.1) is 17.5 Å². The van der Waals surface area contributed by atoms with Crippen molar-refractivity contribution in [3.63, 3.8) is 0 Å². The van der Waals surface area contributed by atoms with Crippen molar-refractivity contribution >= 4 is 0 Å². The Bertz CT molecular complexity index is 669. The standard InChI is InChI=1S/C15H20N4O/c1-10(2)19-9-11(8-16-19)14-17-13-7-5-3-4-6-12(13)15(20)18-14/h8-10H,3-7H2,1-2H3,(H,17,18,20). The van der Waals surface area contributed by atoms with E-state index in [1.54, 1.807) is 6.20 Å². The fourth-order valence-corrected chi connectivity index (χ4v) is 2.66. The van der Waals surface area contributed by atoms with Gasteiger partial charge in [-0.15, -0.1) is 0 Å².